The topological polar surface area (TPSA) is 27.6 Å². The Morgan fingerprint density at radius 1 is 1.07 bits per heavy atom. The number of quaternary nitrogens is 1. The standard InChI is InChI=1S/C14H21N/c15-11-14(12-7-3-1-4-8-12)13-9-5-2-6-10-13/h1,3-4,7-8,13-14H,2,5-6,9-11,15H2/p+1/t14-/m1/s1. The molecule has 15 heavy (non-hydrogen) atoms. The minimum Gasteiger partial charge on any atom is -0.357 e. The van der Waals surface area contributed by atoms with E-state index in [9.17, 15) is 0 Å². The number of hydrogen-bond donors (Lipinski definition) is 1. The predicted molar refractivity (Wildman–Crippen MR) is 63.5 cm³/mol. The largest absolute Gasteiger partial charge is 0.357 e. The Balaban J connectivity index is 2.09. The van der Waals surface area contributed by atoms with Crippen LogP contribution in [0.2, 0.25) is 0 Å². The fourth-order valence-electron chi connectivity index (χ4n) is 2.91. The van der Waals surface area contributed by atoms with Gasteiger partial charge in [-0.25, -0.2) is 0 Å². The van der Waals surface area contributed by atoms with Crippen molar-refractivity contribution in [2.75, 3.05) is 6.54 Å². The Bertz CT molecular complexity index is 275. The summed E-state index contributed by atoms with van der Waals surface area (Å²) in [7, 11) is 0. The van der Waals surface area contributed by atoms with Crippen LogP contribution in [0.5, 0.6) is 0 Å². The van der Waals surface area contributed by atoms with E-state index in [0.29, 0.717) is 5.92 Å². The molecule has 0 unspecified atom stereocenters. The Morgan fingerprint density at radius 2 is 1.73 bits per heavy atom. The molecule has 0 aromatic heterocycles. The molecule has 1 atom stereocenters. The summed E-state index contributed by atoms with van der Waals surface area (Å²) in [6, 6.07) is 10.9. The molecule has 0 saturated heterocycles. The molecular formula is C14H22N+. The van der Waals surface area contributed by atoms with E-state index in [2.05, 4.69) is 36.1 Å². The zero-order valence-corrected chi connectivity index (χ0v) is 9.49. The summed E-state index contributed by atoms with van der Waals surface area (Å²) in [6.45, 7) is 1.05. The maximum absolute atomic E-state index is 4.14. The summed E-state index contributed by atoms with van der Waals surface area (Å²) in [4.78, 5) is 0. The molecular weight excluding hydrogens is 182 g/mol. The van der Waals surface area contributed by atoms with Gasteiger partial charge in [-0.1, -0.05) is 49.6 Å². The van der Waals surface area contributed by atoms with E-state index in [4.69, 9.17) is 0 Å². The zero-order chi connectivity index (χ0) is 10.5. The second-order valence-corrected chi connectivity index (χ2v) is 4.70. The third-order valence-electron chi connectivity index (χ3n) is 3.76. The highest BCUT2D eigenvalue weighted by atomic mass is 14.6. The minimum absolute atomic E-state index is 0.700. The molecule has 0 aliphatic heterocycles. The van der Waals surface area contributed by atoms with E-state index in [1.165, 1.54) is 37.7 Å². The molecule has 0 heterocycles. The van der Waals surface area contributed by atoms with Crippen molar-refractivity contribution < 1.29 is 5.73 Å². The molecule has 0 spiro atoms. The van der Waals surface area contributed by atoms with Crippen molar-refractivity contribution in [3.63, 3.8) is 0 Å². The Kier molecular flexibility index (Phi) is 3.79. The molecule has 1 aromatic carbocycles. The summed E-state index contributed by atoms with van der Waals surface area (Å²) >= 11 is 0. The van der Waals surface area contributed by atoms with E-state index in [1.54, 1.807) is 0 Å². The fourth-order valence-corrected chi connectivity index (χ4v) is 2.91. The molecule has 1 saturated carbocycles. The number of rotatable bonds is 3. The average molecular weight is 204 g/mol. The van der Waals surface area contributed by atoms with Gasteiger partial charge in [0.05, 0.1) is 6.54 Å². The number of benzene rings is 1. The van der Waals surface area contributed by atoms with Crippen molar-refractivity contribution in [3.8, 4) is 0 Å². The van der Waals surface area contributed by atoms with E-state index in [0.717, 1.165) is 12.5 Å². The first-order valence-electron chi connectivity index (χ1n) is 6.26. The van der Waals surface area contributed by atoms with Gasteiger partial charge in [0.1, 0.15) is 0 Å². The Morgan fingerprint density at radius 3 is 2.33 bits per heavy atom. The highest BCUT2D eigenvalue weighted by Gasteiger charge is 2.24. The van der Waals surface area contributed by atoms with Crippen LogP contribution in [0, 0.1) is 5.92 Å². The van der Waals surface area contributed by atoms with Crippen LogP contribution < -0.4 is 5.73 Å². The molecule has 1 fully saturated rings. The quantitative estimate of drug-likeness (QED) is 0.784. The van der Waals surface area contributed by atoms with Crippen molar-refractivity contribution >= 4 is 0 Å². The molecule has 0 radical (unpaired) electrons. The van der Waals surface area contributed by atoms with Crippen LogP contribution in [0.15, 0.2) is 30.3 Å². The van der Waals surface area contributed by atoms with Crippen LogP contribution >= 0.6 is 0 Å². The van der Waals surface area contributed by atoms with E-state index < -0.39 is 0 Å². The van der Waals surface area contributed by atoms with Crippen LogP contribution in [-0.2, 0) is 0 Å². The van der Waals surface area contributed by atoms with Gasteiger partial charge in [-0.3, -0.25) is 0 Å². The third kappa shape index (κ3) is 2.60. The Labute approximate surface area is 92.7 Å². The summed E-state index contributed by atoms with van der Waals surface area (Å²) in [6.07, 6.45) is 7.11. The SMILES string of the molecule is [NH3+]C[C@H](c1ccccc1)C1CCCCC1. The molecule has 0 bridgehead atoms. The maximum Gasteiger partial charge on any atom is 0.0812 e. The first kappa shape index (κ1) is 10.7. The van der Waals surface area contributed by atoms with Gasteiger partial charge in [0, 0.05) is 5.92 Å². The first-order valence-corrected chi connectivity index (χ1v) is 6.26. The van der Waals surface area contributed by atoms with Gasteiger partial charge in [-0.2, -0.15) is 0 Å². The smallest absolute Gasteiger partial charge is 0.0812 e. The molecule has 82 valence electrons. The van der Waals surface area contributed by atoms with Gasteiger partial charge >= 0.3 is 0 Å². The molecule has 1 aromatic rings. The minimum atomic E-state index is 0.700. The highest BCUT2D eigenvalue weighted by molar-refractivity contribution is 5.20. The monoisotopic (exact) mass is 204 g/mol. The van der Waals surface area contributed by atoms with Crippen molar-refractivity contribution in [3.05, 3.63) is 35.9 Å². The molecule has 1 aliphatic rings. The summed E-state index contributed by atoms with van der Waals surface area (Å²) in [5.41, 5.74) is 5.64. The molecule has 2 rings (SSSR count). The maximum atomic E-state index is 4.14. The van der Waals surface area contributed by atoms with Crippen molar-refractivity contribution in [1.82, 2.24) is 0 Å². The second-order valence-electron chi connectivity index (χ2n) is 4.70. The van der Waals surface area contributed by atoms with E-state index in [1.807, 2.05) is 0 Å². The van der Waals surface area contributed by atoms with Crippen molar-refractivity contribution in [2.45, 2.75) is 38.0 Å². The van der Waals surface area contributed by atoms with Crippen LogP contribution in [0.25, 0.3) is 0 Å². The molecule has 0 amide bonds. The first-order chi connectivity index (χ1) is 7.42. The second kappa shape index (κ2) is 5.32. The average Bonchev–Trinajstić information content (AvgIpc) is 2.33. The van der Waals surface area contributed by atoms with Gasteiger partial charge in [-0.15, -0.1) is 0 Å². The van der Waals surface area contributed by atoms with Gasteiger partial charge < -0.3 is 5.73 Å². The zero-order valence-electron chi connectivity index (χ0n) is 9.49. The molecule has 1 aliphatic carbocycles. The molecule has 1 heteroatoms. The summed E-state index contributed by atoms with van der Waals surface area (Å²) in [5, 5.41) is 0. The van der Waals surface area contributed by atoms with Gasteiger partial charge in [0.15, 0.2) is 0 Å². The van der Waals surface area contributed by atoms with Crippen molar-refractivity contribution in [2.24, 2.45) is 5.92 Å². The van der Waals surface area contributed by atoms with E-state index in [-0.39, 0.29) is 0 Å². The summed E-state index contributed by atoms with van der Waals surface area (Å²) in [5.74, 6) is 1.59. The number of hydrogen-bond acceptors (Lipinski definition) is 0. The highest BCUT2D eigenvalue weighted by Crippen LogP contribution is 2.34. The Hall–Kier alpha value is -0.820. The lowest BCUT2D eigenvalue weighted by Gasteiger charge is -2.28. The van der Waals surface area contributed by atoms with Crippen LogP contribution in [-0.4, -0.2) is 6.54 Å². The lowest BCUT2D eigenvalue weighted by atomic mass is 9.77. The van der Waals surface area contributed by atoms with Crippen LogP contribution in [0.3, 0.4) is 0 Å². The fraction of sp³-hybridized carbons (Fsp3) is 0.571. The predicted octanol–water partition coefficient (Wildman–Crippen LogP) is 2.59. The van der Waals surface area contributed by atoms with Gasteiger partial charge in [0.2, 0.25) is 0 Å². The summed E-state index contributed by atoms with van der Waals surface area (Å²) < 4.78 is 0. The van der Waals surface area contributed by atoms with E-state index >= 15 is 0 Å². The third-order valence-corrected chi connectivity index (χ3v) is 3.76. The van der Waals surface area contributed by atoms with Crippen LogP contribution in [0.4, 0.5) is 0 Å². The lowest BCUT2D eigenvalue weighted by Crippen LogP contribution is -2.54. The lowest BCUT2D eigenvalue weighted by molar-refractivity contribution is -0.375. The van der Waals surface area contributed by atoms with Crippen LogP contribution in [0.1, 0.15) is 43.6 Å². The molecule has 3 N–H and O–H groups in total. The van der Waals surface area contributed by atoms with Crippen molar-refractivity contribution in [1.29, 1.82) is 0 Å². The van der Waals surface area contributed by atoms with Gasteiger partial charge in [0.25, 0.3) is 0 Å². The normalized spacial score (nSPS) is 20.1. The van der Waals surface area contributed by atoms with Gasteiger partial charge in [-0.05, 0) is 24.3 Å². The molecule has 1 nitrogen and oxygen atoms in total.